The molecule has 94 valence electrons. The molecule has 2 aromatic rings. The second-order valence-electron chi connectivity index (χ2n) is 3.84. The molecule has 2 heteroatoms. The van der Waals surface area contributed by atoms with E-state index in [9.17, 15) is 4.79 Å². The molecule has 0 saturated heterocycles. The van der Waals surface area contributed by atoms with Crippen molar-refractivity contribution in [2.24, 2.45) is 0 Å². The van der Waals surface area contributed by atoms with E-state index in [1.54, 1.807) is 0 Å². The molecule has 0 bridgehead atoms. The molecule has 0 aromatic heterocycles. The van der Waals surface area contributed by atoms with Crippen molar-refractivity contribution in [2.75, 3.05) is 0 Å². The molecular weight excluding hydrogens is 244 g/mol. The fourth-order valence-corrected chi connectivity index (χ4v) is 1.65. The van der Waals surface area contributed by atoms with Crippen LogP contribution in [-0.2, 0) is 4.79 Å². The molecule has 0 fully saturated rings. The number of hydrogen-bond donors (Lipinski definition) is 0. The Hall–Kier alpha value is -1.60. The van der Waals surface area contributed by atoms with Crippen LogP contribution in [0.2, 0.25) is 0 Å². The molecule has 0 aliphatic rings. The Morgan fingerprint density at radius 1 is 0.889 bits per heavy atom. The van der Waals surface area contributed by atoms with Crippen LogP contribution in [-0.4, -0.2) is 5.24 Å². The molecule has 0 saturated carbocycles. The highest BCUT2D eigenvalue weighted by Gasteiger charge is 1.91. The summed E-state index contributed by atoms with van der Waals surface area (Å²) in [6, 6.07) is 20.8. The molecule has 2 aromatic carbocycles. The van der Waals surface area contributed by atoms with E-state index in [4.69, 9.17) is 11.6 Å². The zero-order valence-electron chi connectivity index (χ0n) is 10.5. The third kappa shape index (κ3) is 5.65. The van der Waals surface area contributed by atoms with Gasteiger partial charge in [0.25, 0.3) is 0 Å². The Morgan fingerprint density at radius 2 is 1.28 bits per heavy atom. The first kappa shape index (κ1) is 14.5. The van der Waals surface area contributed by atoms with Gasteiger partial charge in [-0.05, 0) is 29.1 Å². The number of hydrogen-bond acceptors (Lipinski definition) is 1. The third-order valence-electron chi connectivity index (χ3n) is 2.33. The van der Waals surface area contributed by atoms with E-state index in [-0.39, 0.29) is 5.24 Å². The van der Waals surface area contributed by atoms with E-state index in [2.05, 4.69) is 48.5 Å². The van der Waals surface area contributed by atoms with Crippen molar-refractivity contribution in [1.82, 2.24) is 0 Å². The van der Waals surface area contributed by atoms with Crippen LogP contribution in [0.5, 0.6) is 0 Å². The predicted molar refractivity (Wildman–Crippen MR) is 77.6 cm³/mol. The zero-order valence-corrected chi connectivity index (χ0v) is 11.2. The van der Waals surface area contributed by atoms with Gasteiger partial charge in [-0.15, -0.1) is 0 Å². The fourth-order valence-electron chi connectivity index (χ4n) is 1.46. The quantitative estimate of drug-likeness (QED) is 0.717. The van der Waals surface area contributed by atoms with Crippen LogP contribution in [0, 0.1) is 0 Å². The van der Waals surface area contributed by atoms with E-state index in [0.717, 1.165) is 6.42 Å². The molecule has 0 atom stereocenters. The molecule has 0 radical (unpaired) electrons. The second kappa shape index (κ2) is 8.48. The molecule has 18 heavy (non-hydrogen) atoms. The van der Waals surface area contributed by atoms with Crippen LogP contribution in [0.3, 0.4) is 0 Å². The van der Waals surface area contributed by atoms with Gasteiger partial charge < -0.3 is 0 Å². The van der Waals surface area contributed by atoms with Crippen LogP contribution < -0.4 is 0 Å². The summed E-state index contributed by atoms with van der Waals surface area (Å²) >= 11 is 4.94. The standard InChI is InChI=1S/C12H10.C4H7ClO/c1-3-7-11(8-4-1)12-9-5-2-6-10-12;1-2-3-4(5)6/h1-10H;2-3H2,1H3. The molecule has 0 amide bonds. The van der Waals surface area contributed by atoms with Crippen LogP contribution in [0.25, 0.3) is 11.1 Å². The number of carbonyl (C=O) groups is 1. The number of benzene rings is 2. The van der Waals surface area contributed by atoms with E-state index < -0.39 is 0 Å². The van der Waals surface area contributed by atoms with Gasteiger partial charge in [0.05, 0.1) is 0 Å². The Balaban J connectivity index is 0.000000232. The maximum atomic E-state index is 9.81. The van der Waals surface area contributed by atoms with Crippen LogP contribution in [0.1, 0.15) is 19.8 Å². The molecule has 0 unspecified atom stereocenters. The highest BCUT2D eigenvalue weighted by Crippen LogP contribution is 2.17. The maximum absolute atomic E-state index is 9.81. The predicted octanol–water partition coefficient (Wildman–Crippen LogP) is 4.91. The highest BCUT2D eigenvalue weighted by atomic mass is 35.5. The third-order valence-corrected chi connectivity index (χ3v) is 2.52. The average Bonchev–Trinajstić information content (AvgIpc) is 2.41. The van der Waals surface area contributed by atoms with E-state index in [1.165, 1.54) is 11.1 Å². The van der Waals surface area contributed by atoms with Gasteiger partial charge in [-0.1, -0.05) is 67.6 Å². The monoisotopic (exact) mass is 260 g/mol. The lowest BCUT2D eigenvalue weighted by molar-refractivity contribution is -0.111. The minimum absolute atomic E-state index is 0.238. The first-order valence-corrected chi connectivity index (χ1v) is 6.40. The van der Waals surface area contributed by atoms with Crippen LogP contribution in [0.15, 0.2) is 60.7 Å². The highest BCUT2D eigenvalue weighted by molar-refractivity contribution is 6.63. The topological polar surface area (TPSA) is 17.1 Å². The van der Waals surface area contributed by atoms with Crippen molar-refractivity contribution in [3.8, 4) is 11.1 Å². The van der Waals surface area contributed by atoms with Gasteiger partial charge in [-0.2, -0.15) is 0 Å². The van der Waals surface area contributed by atoms with Crippen molar-refractivity contribution < 1.29 is 4.79 Å². The smallest absolute Gasteiger partial charge is 0.221 e. The lowest BCUT2D eigenvalue weighted by Crippen LogP contribution is -1.79. The average molecular weight is 261 g/mol. The van der Waals surface area contributed by atoms with Gasteiger partial charge in [-0.25, -0.2) is 0 Å². The Kier molecular flexibility index (Phi) is 6.82. The van der Waals surface area contributed by atoms with E-state index in [1.807, 2.05) is 19.1 Å². The molecule has 0 heterocycles. The van der Waals surface area contributed by atoms with Gasteiger partial charge in [-0.3, -0.25) is 4.79 Å². The summed E-state index contributed by atoms with van der Waals surface area (Å²) in [6.45, 7) is 1.92. The minimum atomic E-state index is -0.238. The Morgan fingerprint density at radius 3 is 1.50 bits per heavy atom. The SMILES string of the molecule is CCCC(=O)Cl.c1ccc(-c2ccccc2)cc1. The van der Waals surface area contributed by atoms with Crippen LogP contribution >= 0.6 is 11.6 Å². The van der Waals surface area contributed by atoms with Gasteiger partial charge in [0.1, 0.15) is 0 Å². The zero-order chi connectivity index (χ0) is 13.2. The molecule has 0 spiro atoms. The summed E-state index contributed by atoms with van der Waals surface area (Å²) in [5.41, 5.74) is 2.55. The van der Waals surface area contributed by atoms with Gasteiger partial charge >= 0.3 is 0 Å². The second-order valence-corrected chi connectivity index (χ2v) is 4.26. The largest absolute Gasteiger partial charge is 0.281 e. The number of carbonyl (C=O) groups excluding carboxylic acids is 1. The van der Waals surface area contributed by atoms with E-state index >= 15 is 0 Å². The molecule has 1 nitrogen and oxygen atoms in total. The lowest BCUT2D eigenvalue weighted by Gasteiger charge is -1.98. The van der Waals surface area contributed by atoms with Crippen molar-refractivity contribution in [2.45, 2.75) is 19.8 Å². The Bertz CT molecular complexity index is 414. The summed E-state index contributed by atoms with van der Waals surface area (Å²) in [6.07, 6.45) is 1.35. The molecule has 0 aliphatic heterocycles. The summed E-state index contributed by atoms with van der Waals surface area (Å²) in [4.78, 5) is 9.81. The summed E-state index contributed by atoms with van der Waals surface area (Å²) in [5, 5.41) is -0.238. The van der Waals surface area contributed by atoms with Gasteiger partial charge in [0.15, 0.2) is 0 Å². The summed E-state index contributed by atoms with van der Waals surface area (Å²) < 4.78 is 0. The van der Waals surface area contributed by atoms with Crippen molar-refractivity contribution in [3.63, 3.8) is 0 Å². The Labute approximate surface area is 113 Å². The molecule has 0 aliphatic carbocycles. The van der Waals surface area contributed by atoms with E-state index in [0.29, 0.717) is 6.42 Å². The number of halogens is 1. The van der Waals surface area contributed by atoms with Crippen LogP contribution in [0.4, 0.5) is 0 Å². The fraction of sp³-hybridized carbons (Fsp3) is 0.188. The lowest BCUT2D eigenvalue weighted by atomic mass is 10.1. The normalized spacial score (nSPS) is 9.22. The van der Waals surface area contributed by atoms with Crippen molar-refractivity contribution in [1.29, 1.82) is 0 Å². The molecule has 2 rings (SSSR count). The first-order valence-electron chi connectivity index (χ1n) is 6.03. The first-order chi connectivity index (χ1) is 8.74. The van der Waals surface area contributed by atoms with Crippen molar-refractivity contribution in [3.05, 3.63) is 60.7 Å². The molecular formula is C16H17ClO. The summed E-state index contributed by atoms with van der Waals surface area (Å²) in [7, 11) is 0. The van der Waals surface area contributed by atoms with Gasteiger partial charge in [0.2, 0.25) is 5.24 Å². The van der Waals surface area contributed by atoms with Gasteiger partial charge in [0, 0.05) is 6.42 Å². The van der Waals surface area contributed by atoms with Crippen molar-refractivity contribution >= 4 is 16.8 Å². The minimum Gasteiger partial charge on any atom is -0.281 e. The number of rotatable bonds is 3. The summed E-state index contributed by atoms with van der Waals surface area (Å²) in [5.74, 6) is 0. The molecule has 0 N–H and O–H groups in total. The maximum Gasteiger partial charge on any atom is 0.221 e.